The number of aromatic nitrogens is 4. The number of hydrogen-bond acceptors (Lipinski definition) is 15. The Kier molecular flexibility index (Phi) is 19.9. The van der Waals surface area contributed by atoms with E-state index in [0.717, 1.165) is 73.0 Å². The predicted molar refractivity (Wildman–Crippen MR) is 139 cm³/mol. The maximum atomic E-state index is 8.49. The molecule has 1 aliphatic heterocycles. The van der Waals surface area contributed by atoms with Gasteiger partial charge in [0, 0.05) is 26.2 Å². The molecule has 0 amide bonds. The number of imidazole rings is 2. The van der Waals surface area contributed by atoms with Crippen LogP contribution in [0, 0.1) is 20.5 Å². The average Bonchev–Trinajstić information content (AvgIpc) is 3.54. The zero-order valence-electron chi connectivity index (χ0n) is 25.0. The van der Waals surface area contributed by atoms with Crippen LogP contribution in [0.5, 0.6) is 0 Å². The fourth-order valence-corrected chi connectivity index (χ4v) is 4.32. The molecule has 0 aliphatic carbocycles. The SMILES string of the molecule is O.[Ni+2].[O-][Cl+3]([O-])([O-])[O-].[O-][Cl+3]([O-])([O-])[O-].c1ccc2[nH]c(CN3CCOCCOCCN(Cc4nc5ccccc5[nH]4)CCOCC3)nc2c1. The molecule has 1 fully saturated rings. The summed E-state index contributed by atoms with van der Waals surface area (Å²) in [5.74, 6) is 1.92. The van der Waals surface area contributed by atoms with E-state index in [4.69, 9.17) is 61.5 Å². The number of nitrogens with zero attached hydrogens (tertiary/aromatic N) is 4. The Morgan fingerprint density at radius 2 is 0.851 bits per heavy atom. The van der Waals surface area contributed by atoms with E-state index < -0.39 is 20.5 Å². The van der Waals surface area contributed by atoms with Crippen LogP contribution in [0.1, 0.15) is 11.6 Å². The fraction of sp³-hybridized carbons (Fsp3) is 0.462. The molecule has 5 rings (SSSR count). The van der Waals surface area contributed by atoms with Gasteiger partial charge in [-0.1, -0.05) is 24.3 Å². The van der Waals surface area contributed by atoms with Crippen molar-refractivity contribution >= 4 is 22.1 Å². The molecule has 0 radical (unpaired) electrons. The van der Waals surface area contributed by atoms with Gasteiger partial charge in [-0.2, -0.15) is 0 Å². The van der Waals surface area contributed by atoms with Crippen molar-refractivity contribution in [2.75, 3.05) is 65.8 Å². The number of ether oxygens (including phenoxy) is 3. The molecule has 3 heterocycles. The van der Waals surface area contributed by atoms with E-state index in [-0.39, 0.29) is 22.0 Å². The molecule has 266 valence electrons. The van der Waals surface area contributed by atoms with Gasteiger partial charge in [0.1, 0.15) is 11.6 Å². The fourth-order valence-electron chi connectivity index (χ4n) is 4.32. The summed E-state index contributed by atoms with van der Waals surface area (Å²) in [6.45, 7) is 8.56. The first-order valence-electron chi connectivity index (χ1n) is 13.6. The number of aromatic amines is 2. The van der Waals surface area contributed by atoms with E-state index in [1.54, 1.807) is 0 Å². The molecule has 0 atom stereocenters. The van der Waals surface area contributed by atoms with Gasteiger partial charge >= 0.3 is 16.5 Å². The largest absolute Gasteiger partial charge is 2.00 e. The minimum absolute atomic E-state index is 0. The van der Waals surface area contributed by atoms with Crippen LogP contribution in [0.4, 0.5) is 0 Å². The molecule has 21 heteroatoms. The van der Waals surface area contributed by atoms with E-state index in [1.165, 1.54) is 0 Å². The number of benzene rings is 2. The van der Waals surface area contributed by atoms with Gasteiger partial charge in [0.15, 0.2) is 0 Å². The molecule has 1 aliphatic rings. The molecule has 2 aromatic carbocycles. The summed E-state index contributed by atoms with van der Waals surface area (Å²) in [5.41, 5.74) is 4.12. The molecule has 0 bridgehead atoms. The molecule has 1 saturated heterocycles. The van der Waals surface area contributed by atoms with Crippen LogP contribution in [0.15, 0.2) is 48.5 Å². The quantitative estimate of drug-likeness (QED) is 0.183. The van der Waals surface area contributed by atoms with Gasteiger partial charge in [-0.3, -0.25) is 9.80 Å². The van der Waals surface area contributed by atoms with E-state index in [2.05, 4.69) is 31.9 Å². The Morgan fingerprint density at radius 1 is 0.553 bits per heavy atom. The van der Waals surface area contributed by atoms with Gasteiger partial charge in [-0.25, -0.2) is 47.2 Å². The topological polar surface area (TPSA) is 308 Å². The summed E-state index contributed by atoms with van der Waals surface area (Å²) >= 11 is 0. The van der Waals surface area contributed by atoms with Crippen LogP contribution in [0.2, 0.25) is 0 Å². The van der Waals surface area contributed by atoms with E-state index in [9.17, 15) is 0 Å². The minimum atomic E-state index is -4.94. The zero-order valence-corrected chi connectivity index (χ0v) is 27.5. The molecule has 18 nitrogen and oxygen atoms in total. The molecule has 47 heavy (non-hydrogen) atoms. The van der Waals surface area contributed by atoms with Gasteiger partial charge in [0.25, 0.3) is 0 Å². The van der Waals surface area contributed by atoms with Crippen molar-refractivity contribution in [3.63, 3.8) is 0 Å². The van der Waals surface area contributed by atoms with Crippen LogP contribution in [-0.4, -0.2) is 101 Å². The van der Waals surface area contributed by atoms with Crippen molar-refractivity contribution in [3.05, 3.63) is 60.2 Å². The van der Waals surface area contributed by atoms with Crippen molar-refractivity contribution < 1.29 is 93.9 Å². The molecule has 0 saturated carbocycles. The number of halogens is 2. The van der Waals surface area contributed by atoms with Crippen molar-refractivity contribution in [2.45, 2.75) is 13.1 Å². The predicted octanol–water partition coefficient (Wildman–Crippen LogP) is -7.53. The van der Waals surface area contributed by atoms with Crippen LogP contribution >= 0.6 is 0 Å². The second-order valence-corrected chi connectivity index (χ2v) is 11.1. The van der Waals surface area contributed by atoms with Crippen LogP contribution in [-0.2, 0) is 43.8 Å². The second-order valence-electron chi connectivity index (χ2n) is 9.55. The summed E-state index contributed by atoms with van der Waals surface area (Å²) in [5, 5.41) is 0. The van der Waals surface area contributed by atoms with Gasteiger partial charge in [-0.15, -0.1) is 20.5 Å². The third-order valence-corrected chi connectivity index (χ3v) is 6.20. The van der Waals surface area contributed by atoms with Gasteiger partial charge in [0.05, 0.1) is 74.8 Å². The Labute approximate surface area is 284 Å². The third kappa shape index (κ3) is 19.5. The van der Waals surface area contributed by atoms with Crippen molar-refractivity contribution in [1.82, 2.24) is 29.7 Å². The zero-order chi connectivity index (χ0) is 32.7. The Hall–Kier alpha value is -2.11. The smallest absolute Gasteiger partial charge is 0.412 e. The number of H-pyrrole nitrogens is 2. The first kappa shape index (κ1) is 42.9. The molecule has 0 spiro atoms. The standard InChI is InChI=1S/C26H34N6O3.2ClHO4.Ni.H2O/c1-2-6-22-21(5-1)27-25(28-22)19-31-9-13-33-14-10-32(12-16-35-18-17-34-15-11-31)20-26-29-23-7-3-4-8-24(23)30-26;2*2-1(3,4)5;;/h1-8H,9-20H2,(H,27,28)(H,29,30);2*(H,2,3,4,5);;1H2/q;;;+2;/p-2. The molecule has 2 aromatic heterocycles. The van der Waals surface area contributed by atoms with Gasteiger partial charge < -0.3 is 29.7 Å². The van der Waals surface area contributed by atoms with E-state index >= 15 is 0 Å². The first-order chi connectivity index (χ1) is 21.3. The summed E-state index contributed by atoms with van der Waals surface area (Å²) in [7, 11) is -9.89. The van der Waals surface area contributed by atoms with Crippen molar-refractivity contribution in [3.8, 4) is 0 Å². The Bertz CT molecular complexity index is 1230. The maximum absolute atomic E-state index is 8.49. The molecule has 4 N–H and O–H groups in total. The number of para-hydroxylation sites is 4. The van der Waals surface area contributed by atoms with Crippen LogP contribution in [0.3, 0.4) is 0 Å². The number of fused-ring (bicyclic) bond motifs is 2. The summed E-state index contributed by atoms with van der Waals surface area (Å²) in [6.07, 6.45) is 0. The Morgan fingerprint density at radius 3 is 1.17 bits per heavy atom. The maximum Gasteiger partial charge on any atom is 2.00 e. The van der Waals surface area contributed by atoms with E-state index in [1.807, 2.05) is 36.4 Å². The second kappa shape index (κ2) is 21.8. The van der Waals surface area contributed by atoms with Crippen molar-refractivity contribution in [1.29, 1.82) is 0 Å². The first-order valence-corrected chi connectivity index (χ1v) is 16.1. The summed E-state index contributed by atoms with van der Waals surface area (Å²) in [4.78, 5) is 21.0. The molecular weight excluding hydrogens is 718 g/mol. The number of rotatable bonds is 4. The molecule has 4 aromatic rings. The Balaban J connectivity index is 0.000000809. The van der Waals surface area contributed by atoms with Crippen molar-refractivity contribution in [2.24, 2.45) is 0 Å². The normalized spacial score (nSPS) is 16.3. The van der Waals surface area contributed by atoms with Crippen LogP contribution in [0.25, 0.3) is 22.1 Å². The van der Waals surface area contributed by atoms with E-state index in [0.29, 0.717) is 39.6 Å². The van der Waals surface area contributed by atoms with Crippen LogP contribution < -0.4 is 37.3 Å². The summed E-state index contributed by atoms with van der Waals surface area (Å²) < 4.78 is 85.6. The monoisotopic (exact) mass is 752 g/mol. The average molecular weight is 754 g/mol. The van der Waals surface area contributed by atoms with Gasteiger partial charge in [-0.05, 0) is 24.3 Å². The van der Waals surface area contributed by atoms with Gasteiger partial charge in [0.2, 0.25) is 0 Å². The summed E-state index contributed by atoms with van der Waals surface area (Å²) in [6, 6.07) is 16.2. The molecular formula is C26H36Cl2N6NiO12. The molecule has 0 unspecified atom stereocenters. The third-order valence-electron chi connectivity index (χ3n) is 6.20. The minimum Gasteiger partial charge on any atom is -0.412 e. The number of hydrogen-bond donors (Lipinski definition) is 2. The number of nitrogens with one attached hydrogen (secondary N) is 2.